The van der Waals surface area contributed by atoms with Gasteiger partial charge in [-0.1, -0.05) is 30.3 Å². The maximum absolute atomic E-state index is 12.4. The Morgan fingerprint density at radius 3 is 2.56 bits per heavy atom. The van der Waals surface area contributed by atoms with E-state index >= 15 is 0 Å². The largest absolute Gasteiger partial charge is 0.494 e. The lowest BCUT2D eigenvalue weighted by Crippen LogP contribution is -2.25. The summed E-state index contributed by atoms with van der Waals surface area (Å²) < 4.78 is 5.43. The molecule has 0 saturated carbocycles. The number of benzene rings is 2. The van der Waals surface area contributed by atoms with Crippen LogP contribution in [0.15, 0.2) is 72.9 Å². The molecular formula is C22H23N3O2. The average molecular weight is 361 g/mol. The van der Waals surface area contributed by atoms with E-state index in [4.69, 9.17) is 4.74 Å². The molecule has 0 unspecified atom stereocenters. The predicted molar refractivity (Wildman–Crippen MR) is 108 cm³/mol. The van der Waals surface area contributed by atoms with E-state index in [-0.39, 0.29) is 5.91 Å². The SMILES string of the molecule is CCOc1ccc(Nc2cc(C(=O)NCCc3ccccc3)ccn2)cc1. The second kappa shape index (κ2) is 9.38. The molecule has 0 aliphatic heterocycles. The van der Waals surface area contributed by atoms with Gasteiger partial charge in [-0.05, 0) is 55.3 Å². The predicted octanol–water partition coefficient (Wildman–Crippen LogP) is 4.20. The quantitative estimate of drug-likeness (QED) is 0.631. The molecular weight excluding hydrogens is 338 g/mol. The lowest BCUT2D eigenvalue weighted by atomic mass is 10.1. The first kappa shape index (κ1) is 18.5. The fourth-order valence-electron chi connectivity index (χ4n) is 2.66. The second-order valence-corrected chi connectivity index (χ2v) is 6.00. The van der Waals surface area contributed by atoms with Crippen LogP contribution >= 0.6 is 0 Å². The van der Waals surface area contributed by atoms with Gasteiger partial charge in [0.15, 0.2) is 0 Å². The highest BCUT2D eigenvalue weighted by atomic mass is 16.5. The van der Waals surface area contributed by atoms with Gasteiger partial charge in [-0.15, -0.1) is 0 Å². The summed E-state index contributed by atoms with van der Waals surface area (Å²) >= 11 is 0. The number of nitrogens with zero attached hydrogens (tertiary/aromatic N) is 1. The molecule has 2 aromatic carbocycles. The Morgan fingerprint density at radius 1 is 1.04 bits per heavy atom. The molecule has 138 valence electrons. The number of pyridine rings is 1. The van der Waals surface area contributed by atoms with Gasteiger partial charge in [0.1, 0.15) is 11.6 Å². The Labute approximate surface area is 159 Å². The first-order chi connectivity index (χ1) is 13.2. The van der Waals surface area contributed by atoms with Crippen LogP contribution < -0.4 is 15.4 Å². The summed E-state index contributed by atoms with van der Waals surface area (Å²) in [5.41, 5.74) is 2.66. The van der Waals surface area contributed by atoms with Crippen LogP contribution in [0.1, 0.15) is 22.8 Å². The molecule has 1 aromatic heterocycles. The number of amides is 1. The number of anilines is 2. The van der Waals surface area contributed by atoms with Crippen LogP contribution in [0, 0.1) is 0 Å². The van der Waals surface area contributed by atoms with Gasteiger partial charge in [-0.25, -0.2) is 4.98 Å². The van der Waals surface area contributed by atoms with E-state index < -0.39 is 0 Å². The Kier molecular flexibility index (Phi) is 6.41. The first-order valence-electron chi connectivity index (χ1n) is 9.02. The first-order valence-corrected chi connectivity index (χ1v) is 9.02. The van der Waals surface area contributed by atoms with E-state index in [0.29, 0.717) is 24.5 Å². The topological polar surface area (TPSA) is 63.2 Å². The fourth-order valence-corrected chi connectivity index (χ4v) is 2.66. The Hall–Kier alpha value is -3.34. The van der Waals surface area contributed by atoms with Crippen molar-refractivity contribution >= 4 is 17.4 Å². The summed E-state index contributed by atoms with van der Waals surface area (Å²) in [6, 6.07) is 21.2. The number of carbonyl (C=O) groups excluding carboxylic acids is 1. The summed E-state index contributed by atoms with van der Waals surface area (Å²) in [5.74, 6) is 1.33. The molecule has 0 bridgehead atoms. The molecule has 0 atom stereocenters. The highest BCUT2D eigenvalue weighted by Gasteiger charge is 2.07. The van der Waals surface area contributed by atoms with Crippen molar-refractivity contribution < 1.29 is 9.53 Å². The van der Waals surface area contributed by atoms with Gasteiger partial charge in [0, 0.05) is 24.0 Å². The molecule has 1 heterocycles. The van der Waals surface area contributed by atoms with Gasteiger partial charge >= 0.3 is 0 Å². The van der Waals surface area contributed by atoms with Crippen molar-refractivity contribution in [2.24, 2.45) is 0 Å². The lowest BCUT2D eigenvalue weighted by molar-refractivity contribution is 0.0954. The lowest BCUT2D eigenvalue weighted by Gasteiger charge is -2.09. The van der Waals surface area contributed by atoms with E-state index in [2.05, 4.69) is 27.8 Å². The third kappa shape index (κ3) is 5.57. The zero-order valence-corrected chi connectivity index (χ0v) is 15.3. The monoisotopic (exact) mass is 361 g/mol. The molecule has 1 amide bonds. The molecule has 5 heteroatoms. The van der Waals surface area contributed by atoms with Gasteiger partial charge in [0.05, 0.1) is 6.61 Å². The van der Waals surface area contributed by atoms with Gasteiger partial charge in [-0.3, -0.25) is 4.79 Å². The van der Waals surface area contributed by atoms with Crippen LogP contribution in [0.2, 0.25) is 0 Å². The van der Waals surface area contributed by atoms with Crippen LogP contribution in [0.3, 0.4) is 0 Å². The number of hydrogen-bond acceptors (Lipinski definition) is 4. The fraction of sp³-hybridized carbons (Fsp3) is 0.182. The summed E-state index contributed by atoms with van der Waals surface area (Å²) in [7, 11) is 0. The minimum absolute atomic E-state index is 0.108. The summed E-state index contributed by atoms with van der Waals surface area (Å²) in [6.07, 6.45) is 2.43. The number of nitrogens with one attached hydrogen (secondary N) is 2. The Morgan fingerprint density at radius 2 is 1.81 bits per heavy atom. The number of rotatable bonds is 8. The van der Waals surface area contributed by atoms with Crippen molar-refractivity contribution in [3.05, 3.63) is 84.1 Å². The summed E-state index contributed by atoms with van der Waals surface area (Å²) in [6.45, 7) is 3.18. The second-order valence-electron chi connectivity index (χ2n) is 6.00. The van der Waals surface area contributed by atoms with Crippen LogP contribution in [-0.4, -0.2) is 24.0 Å². The zero-order chi connectivity index (χ0) is 18.9. The molecule has 5 nitrogen and oxygen atoms in total. The van der Waals surface area contributed by atoms with Crippen molar-refractivity contribution in [3.63, 3.8) is 0 Å². The van der Waals surface area contributed by atoms with Crippen molar-refractivity contribution in [2.45, 2.75) is 13.3 Å². The average Bonchev–Trinajstić information content (AvgIpc) is 2.71. The van der Waals surface area contributed by atoms with Crippen LogP contribution in [-0.2, 0) is 6.42 Å². The van der Waals surface area contributed by atoms with E-state index in [1.165, 1.54) is 5.56 Å². The van der Waals surface area contributed by atoms with Crippen LogP contribution in [0.25, 0.3) is 0 Å². The molecule has 0 fully saturated rings. The van der Waals surface area contributed by atoms with E-state index in [0.717, 1.165) is 17.9 Å². The molecule has 0 aliphatic rings. The Balaban J connectivity index is 1.56. The summed E-state index contributed by atoms with van der Waals surface area (Å²) in [5, 5.41) is 6.15. The number of aromatic nitrogens is 1. The number of ether oxygens (including phenoxy) is 1. The molecule has 27 heavy (non-hydrogen) atoms. The zero-order valence-electron chi connectivity index (χ0n) is 15.3. The van der Waals surface area contributed by atoms with Crippen molar-refractivity contribution in [3.8, 4) is 5.75 Å². The van der Waals surface area contributed by atoms with E-state index in [1.54, 1.807) is 18.3 Å². The van der Waals surface area contributed by atoms with Crippen molar-refractivity contribution in [1.29, 1.82) is 0 Å². The standard InChI is InChI=1S/C22H23N3O2/c1-2-27-20-10-8-19(9-11-20)25-21-16-18(13-15-23-21)22(26)24-14-12-17-6-4-3-5-7-17/h3-11,13,15-16H,2,12,14H2,1H3,(H,23,25)(H,24,26). The van der Waals surface area contributed by atoms with Gasteiger partial charge < -0.3 is 15.4 Å². The molecule has 0 spiro atoms. The minimum Gasteiger partial charge on any atom is -0.494 e. The Bertz CT molecular complexity index is 864. The highest BCUT2D eigenvalue weighted by Crippen LogP contribution is 2.19. The highest BCUT2D eigenvalue weighted by molar-refractivity contribution is 5.94. The van der Waals surface area contributed by atoms with Crippen LogP contribution in [0.5, 0.6) is 5.75 Å². The van der Waals surface area contributed by atoms with Crippen molar-refractivity contribution in [1.82, 2.24) is 10.3 Å². The number of hydrogen-bond donors (Lipinski definition) is 2. The molecule has 0 saturated heterocycles. The molecule has 3 aromatic rings. The molecule has 0 aliphatic carbocycles. The van der Waals surface area contributed by atoms with Crippen LogP contribution in [0.4, 0.5) is 11.5 Å². The van der Waals surface area contributed by atoms with E-state index in [9.17, 15) is 4.79 Å². The normalized spacial score (nSPS) is 10.3. The van der Waals surface area contributed by atoms with Gasteiger partial charge in [0.25, 0.3) is 5.91 Å². The maximum Gasteiger partial charge on any atom is 0.251 e. The molecule has 3 rings (SSSR count). The van der Waals surface area contributed by atoms with E-state index in [1.807, 2.05) is 49.4 Å². The third-order valence-corrected chi connectivity index (χ3v) is 4.00. The maximum atomic E-state index is 12.4. The van der Waals surface area contributed by atoms with Gasteiger partial charge in [-0.2, -0.15) is 0 Å². The third-order valence-electron chi connectivity index (χ3n) is 4.00. The minimum atomic E-state index is -0.108. The summed E-state index contributed by atoms with van der Waals surface area (Å²) in [4.78, 5) is 16.7. The molecule has 0 radical (unpaired) electrons. The number of carbonyl (C=O) groups is 1. The van der Waals surface area contributed by atoms with Gasteiger partial charge in [0.2, 0.25) is 0 Å². The molecule has 2 N–H and O–H groups in total. The van der Waals surface area contributed by atoms with Crippen molar-refractivity contribution in [2.75, 3.05) is 18.5 Å². The smallest absolute Gasteiger partial charge is 0.251 e.